The predicted molar refractivity (Wildman–Crippen MR) is 58.2 cm³/mol. The fourth-order valence-corrected chi connectivity index (χ4v) is 1.56. The molecule has 1 rings (SSSR count). The number of aliphatic carboxylic acids is 1. The summed E-state index contributed by atoms with van der Waals surface area (Å²) in [7, 11) is 0. The van der Waals surface area contributed by atoms with Crippen LogP contribution in [0.5, 0.6) is 5.75 Å². The van der Waals surface area contributed by atoms with Gasteiger partial charge in [0.05, 0.1) is 0 Å². The van der Waals surface area contributed by atoms with Crippen molar-refractivity contribution in [2.75, 3.05) is 0 Å². The van der Waals surface area contributed by atoms with Crippen LogP contribution in [0.4, 0.5) is 0 Å². The summed E-state index contributed by atoms with van der Waals surface area (Å²) in [5.74, 6) is -0.461. The summed E-state index contributed by atoms with van der Waals surface area (Å²) in [6, 6.07) is 3.53. The zero-order chi connectivity index (χ0) is 11.4. The summed E-state index contributed by atoms with van der Waals surface area (Å²) in [4.78, 5) is 10.4. The smallest absolute Gasteiger partial charge is 0.303 e. The predicted octanol–water partition coefficient (Wildman–Crippen LogP) is 2.42. The maximum Gasteiger partial charge on any atom is 0.303 e. The molecule has 0 aromatic heterocycles. The lowest BCUT2D eigenvalue weighted by atomic mass is 9.98. The van der Waals surface area contributed by atoms with Crippen molar-refractivity contribution < 1.29 is 15.0 Å². The molecule has 0 radical (unpaired) electrons. The highest BCUT2D eigenvalue weighted by Gasteiger charge is 2.05. The molecule has 82 valence electrons. The van der Waals surface area contributed by atoms with Gasteiger partial charge in [-0.15, -0.1) is 0 Å². The summed E-state index contributed by atoms with van der Waals surface area (Å²) in [6.45, 7) is 3.82. The third-order valence-electron chi connectivity index (χ3n) is 2.71. The molecule has 0 atom stereocenters. The Labute approximate surface area is 89.4 Å². The Hall–Kier alpha value is -1.51. The number of aromatic hydroxyl groups is 1. The molecule has 0 bridgehead atoms. The number of aryl methyl sites for hydroxylation is 1. The molecule has 3 nitrogen and oxygen atoms in total. The third kappa shape index (κ3) is 2.98. The molecule has 0 fully saturated rings. The summed E-state index contributed by atoms with van der Waals surface area (Å²) in [6.07, 6.45) is 1.58. The summed E-state index contributed by atoms with van der Waals surface area (Å²) >= 11 is 0. The van der Waals surface area contributed by atoms with E-state index in [1.54, 1.807) is 6.07 Å². The highest BCUT2D eigenvalue weighted by molar-refractivity contribution is 5.66. The minimum atomic E-state index is -0.761. The van der Waals surface area contributed by atoms with Gasteiger partial charge >= 0.3 is 5.97 Å². The van der Waals surface area contributed by atoms with Crippen molar-refractivity contribution in [2.45, 2.75) is 33.1 Å². The van der Waals surface area contributed by atoms with Crippen LogP contribution in [-0.4, -0.2) is 16.2 Å². The lowest BCUT2D eigenvalue weighted by Crippen LogP contribution is -1.98. The normalized spacial score (nSPS) is 10.3. The molecule has 1 aromatic rings. The summed E-state index contributed by atoms with van der Waals surface area (Å²) < 4.78 is 0. The van der Waals surface area contributed by atoms with Gasteiger partial charge in [-0.2, -0.15) is 0 Å². The minimum absolute atomic E-state index is 0.194. The Morgan fingerprint density at radius 1 is 1.27 bits per heavy atom. The molecule has 3 heteroatoms. The Balaban J connectivity index is 2.70. The van der Waals surface area contributed by atoms with Gasteiger partial charge in [0.1, 0.15) is 5.75 Å². The number of carboxylic acids is 1. The first-order chi connectivity index (χ1) is 7.02. The molecule has 0 saturated carbocycles. The maximum absolute atomic E-state index is 10.4. The Morgan fingerprint density at radius 3 is 2.53 bits per heavy atom. The highest BCUT2D eigenvalue weighted by Crippen LogP contribution is 2.23. The van der Waals surface area contributed by atoms with Crippen LogP contribution in [0.15, 0.2) is 12.1 Å². The van der Waals surface area contributed by atoms with Crippen LogP contribution in [0.25, 0.3) is 0 Å². The van der Waals surface area contributed by atoms with Crippen molar-refractivity contribution in [1.82, 2.24) is 0 Å². The number of benzene rings is 1. The molecule has 0 saturated heterocycles. The fraction of sp³-hybridized carbons (Fsp3) is 0.417. The molecular weight excluding hydrogens is 192 g/mol. The van der Waals surface area contributed by atoms with Crippen LogP contribution >= 0.6 is 0 Å². The zero-order valence-corrected chi connectivity index (χ0v) is 9.08. The van der Waals surface area contributed by atoms with Gasteiger partial charge in [-0.05, 0) is 49.4 Å². The number of hydrogen-bond donors (Lipinski definition) is 2. The molecule has 0 heterocycles. The van der Waals surface area contributed by atoms with Crippen molar-refractivity contribution in [1.29, 1.82) is 0 Å². The zero-order valence-electron chi connectivity index (χ0n) is 9.08. The monoisotopic (exact) mass is 208 g/mol. The average molecular weight is 208 g/mol. The van der Waals surface area contributed by atoms with E-state index in [0.29, 0.717) is 12.2 Å². The third-order valence-corrected chi connectivity index (χ3v) is 2.71. The number of phenols is 1. The van der Waals surface area contributed by atoms with Crippen molar-refractivity contribution in [3.8, 4) is 5.75 Å². The van der Waals surface area contributed by atoms with Gasteiger partial charge < -0.3 is 10.2 Å². The van der Waals surface area contributed by atoms with Gasteiger partial charge in [0, 0.05) is 6.42 Å². The van der Waals surface area contributed by atoms with E-state index in [1.807, 2.05) is 19.9 Å². The molecule has 0 spiro atoms. The van der Waals surface area contributed by atoms with Gasteiger partial charge in [0.25, 0.3) is 0 Å². The largest absolute Gasteiger partial charge is 0.508 e. The first kappa shape index (κ1) is 11.6. The van der Waals surface area contributed by atoms with Gasteiger partial charge in [-0.25, -0.2) is 0 Å². The van der Waals surface area contributed by atoms with E-state index in [1.165, 1.54) is 0 Å². The van der Waals surface area contributed by atoms with Gasteiger partial charge in [-0.1, -0.05) is 6.07 Å². The molecular formula is C12H16O3. The molecule has 1 aromatic carbocycles. The lowest BCUT2D eigenvalue weighted by molar-refractivity contribution is -0.137. The number of carbonyl (C=O) groups is 1. The van der Waals surface area contributed by atoms with E-state index in [4.69, 9.17) is 5.11 Å². The second-order valence-corrected chi connectivity index (χ2v) is 3.74. The Kier molecular flexibility index (Phi) is 3.72. The number of carboxylic acid groups (broad SMARTS) is 1. The van der Waals surface area contributed by atoms with Gasteiger partial charge in [0.15, 0.2) is 0 Å². The van der Waals surface area contributed by atoms with Gasteiger partial charge in [0.2, 0.25) is 0 Å². The molecule has 0 amide bonds. The molecule has 2 N–H and O–H groups in total. The van der Waals surface area contributed by atoms with Gasteiger partial charge in [-0.3, -0.25) is 4.79 Å². The van der Waals surface area contributed by atoms with E-state index in [-0.39, 0.29) is 6.42 Å². The van der Waals surface area contributed by atoms with E-state index < -0.39 is 5.97 Å². The van der Waals surface area contributed by atoms with E-state index in [0.717, 1.165) is 23.1 Å². The van der Waals surface area contributed by atoms with Crippen molar-refractivity contribution in [3.63, 3.8) is 0 Å². The van der Waals surface area contributed by atoms with Crippen LogP contribution in [0.2, 0.25) is 0 Å². The minimum Gasteiger partial charge on any atom is -0.508 e. The Bertz CT molecular complexity index is 369. The number of rotatable bonds is 4. The standard InChI is InChI=1S/C12H16O3/c1-8-9(2)11(13)7-6-10(8)4-3-5-12(14)15/h6-7,13H,3-5H2,1-2H3,(H,14,15). The van der Waals surface area contributed by atoms with Crippen LogP contribution < -0.4 is 0 Å². The summed E-state index contributed by atoms with van der Waals surface area (Å²) in [5.41, 5.74) is 3.05. The average Bonchev–Trinajstić information content (AvgIpc) is 2.18. The van der Waals surface area contributed by atoms with Crippen LogP contribution in [-0.2, 0) is 11.2 Å². The SMILES string of the molecule is Cc1c(O)ccc(CCCC(=O)O)c1C. The second kappa shape index (κ2) is 4.82. The molecule has 0 aliphatic carbocycles. The maximum atomic E-state index is 10.4. The van der Waals surface area contributed by atoms with Crippen LogP contribution in [0.1, 0.15) is 29.5 Å². The Morgan fingerprint density at radius 2 is 1.93 bits per heavy atom. The fourth-order valence-electron chi connectivity index (χ4n) is 1.56. The summed E-state index contributed by atoms with van der Waals surface area (Å²) in [5, 5.41) is 18.0. The molecule has 0 unspecified atom stereocenters. The molecule has 0 aliphatic rings. The van der Waals surface area contributed by atoms with Crippen LogP contribution in [0.3, 0.4) is 0 Å². The van der Waals surface area contributed by atoms with E-state index in [2.05, 4.69) is 0 Å². The lowest BCUT2D eigenvalue weighted by Gasteiger charge is -2.09. The van der Waals surface area contributed by atoms with Crippen molar-refractivity contribution in [3.05, 3.63) is 28.8 Å². The number of phenolic OH excluding ortho intramolecular Hbond substituents is 1. The molecule has 15 heavy (non-hydrogen) atoms. The van der Waals surface area contributed by atoms with Crippen molar-refractivity contribution in [2.24, 2.45) is 0 Å². The van der Waals surface area contributed by atoms with Crippen molar-refractivity contribution >= 4 is 5.97 Å². The van der Waals surface area contributed by atoms with Crippen LogP contribution in [0, 0.1) is 13.8 Å². The first-order valence-corrected chi connectivity index (χ1v) is 5.02. The first-order valence-electron chi connectivity index (χ1n) is 5.02. The van der Waals surface area contributed by atoms with E-state index >= 15 is 0 Å². The molecule has 0 aliphatic heterocycles. The quantitative estimate of drug-likeness (QED) is 0.798. The highest BCUT2D eigenvalue weighted by atomic mass is 16.4. The second-order valence-electron chi connectivity index (χ2n) is 3.74. The van der Waals surface area contributed by atoms with E-state index in [9.17, 15) is 9.90 Å². The topological polar surface area (TPSA) is 57.5 Å². The number of hydrogen-bond acceptors (Lipinski definition) is 2.